The number of halogens is 1. The van der Waals surface area contributed by atoms with E-state index in [2.05, 4.69) is 10.6 Å². The second kappa shape index (κ2) is 9.62. The van der Waals surface area contributed by atoms with Gasteiger partial charge in [0, 0.05) is 23.4 Å². The number of nitro groups is 1. The molecule has 3 aromatic rings. The molecule has 7 nitrogen and oxygen atoms in total. The van der Waals surface area contributed by atoms with E-state index in [4.69, 9.17) is 0 Å². The Bertz CT molecular complexity index is 1080. The summed E-state index contributed by atoms with van der Waals surface area (Å²) in [6, 6.07) is 17.8. The molecule has 8 heteroatoms. The predicted molar refractivity (Wildman–Crippen MR) is 114 cm³/mol. The van der Waals surface area contributed by atoms with E-state index in [1.165, 1.54) is 36.4 Å². The van der Waals surface area contributed by atoms with Crippen LogP contribution in [0, 0.1) is 15.9 Å². The Morgan fingerprint density at radius 3 is 2.16 bits per heavy atom. The van der Waals surface area contributed by atoms with Gasteiger partial charge in [-0.1, -0.05) is 24.3 Å². The van der Waals surface area contributed by atoms with Crippen LogP contribution in [0.2, 0.25) is 0 Å². The Morgan fingerprint density at radius 1 is 0.968 bits per heavy atom. The summed E-state index contributed by atoms with van der Waals surface area (Å²) in [5.74, 6) is -0.974. The Balaban J connectivity index is 1.55. The molecule has 1 atom stereocenters. The van der Waals surface area contributed by atoms with Crippen LogP contribution in [0.1, 0.15) is 34.5 Å². The average molecular weight is 421 g/mol. The highest BCUT2D eigenvalue weighted by Gasteiger charge is 2.12. The Labute approximate surface area is 178 Å². The third-order valence-corrected chi connectivity index (χ3v) is 4.66. The summed E-state index contributed by atoms with van der Waals surface area (Å²) in [7, 11) is 0. The van der Waals surface area contributed by atoms with Crippen LogP contribution in [0.3, 0.4) is 0 Å². The average Bonchev–Trinajstić information content (AvgIpc) is 2.75. The number of carbonyl (C=O) groups is 2. The fourth-order valence-electron chi connectivity index (χ4n) is 2.96. The number of nitrogens with one attached hydrogen (secondary N) is 2. The first-order chi connectivity index (χ1) is 14.8. The topological polar surface area (TPSA) is 101 Å². The normalized spacial score (nSPS) is 11.4. The van der Waals surface area contributed by atoms with Crippen molar-refractivity contribution in [3.63, 3.8) is 0 Å². The Hall–Kier alpha value is -4.07. The van der Waals surface area contributed by atoms with Gasteiger partial charge in [0.1, 0.15) is 5.82 Å². The van der Waals surface area contributed by atoms with Gasteiger partial charge < -0.3 is 10.6 Å². The number of nitrogens with zero attached hydrogens (tertiary/aromatic N) is 1. The number of non-ortho nitro benzene ring substituents is 1. The van der Waals surface area contributed by atoms with E-state index >= 15 is 0 Å². The molecular formula is C23H20FN3O4. The number of amides is 2. The van der Waals surface area contributed by atoms with Gasteiger partial charge in [-0.25, -0.2) is 4.39 Å². The predicted octanol–water partition coefficient (Wildman–Crippen LogP) is 4.41. The zero-order chi connectivity index (χ0) is 22.4. The SMILES string of the molecule is CC(NC(=O)Cc1ccc([N+](=O)[O-])cc1)c1ccc(NC(=O)c2ccc(F)cc2)cc1. The first-order valence-electron chi connectivity index (χ1n) is 9.51. The molecule has 158 valence electrons. The minimum Gasteiger partial charge on any atom is -0.349 e. The van der Waals surface area contributed by atoms with Gasteiger partial charge in [-0.3, -0.25) is 19.7 Å². The molecule has 0 fully saturated rings. The number of carbonyl (C=O) groups excluding carboxylic acids is 2. The molecule has 0 saturated carbocycles. The van der Waals surface area contributed by atoms with Gasteiger partial charge in [0.15, 0.2) is 0 Å². The first kappa shape index (κ1) is 21.6. The van der Waals surface area contributed by atoms with Crippen molar-refractivity contribution in [3.8, 4) is 0 Å². The highest BCUT2D eigenvalue weighted by molar-refractivity contribution is 6.04. The van der Waals surface area contributed by atoms with Crippen molar-refractivity contribution in [3.05, 3.63) is 105 Å². The van der Waals surface area contributed by atoms with Gasteiger partial charge in [-0.15, -0.1) is 0 Å². The molecule has 3 aromatic carbocycles. The van der Waals surface area contributed by atoms with Crippen LogP contribution in [-0.2, 0) is 11.2 Å². The van der Waals surface area contributed by atoms with Gasteiger partial charge >= 0.3 is 0 Å². The van der Waals surface area contributed by atoms with Crippen molar-refractivity contribution in [2.24, 2.45) is 0 Å². The van der Waals surface area contributed by atoms with Gasteiger partial charge in [0.25, 0.3) is 11.6 Å². The minimum absolute atomic E-state index is 0.0239. The fraction of sp³-hybridized carbons (Fsp3) is 0.130. The third kappa shape index (κ3) is 5.96. The molecule has 3 rings (SSSR count). The van der Waals surface area contributed by atoms with E-state index in [9.17, 15) is 24.1 Å². The Kier molecular flexibility index (Phi) is 6.71. The fourth-order valence-corrected chi connectivity index (χ4v) is 2.96. The lowest BCUT2D eigenvalue weighted by atomic mass is 10.1. The van der Waals surface area contributed by atoms with Crippen LogP contribution < -0.4 is 10.6 Å². The molecule has 0 spiro atoms. The van der Waals surface area contributed by atoms with Crippen molar-refractivity contribution in [2.75, 3.05) is 5.32 Å². The van der Waals surface area contributed by atoms with Gasteiger partial charge in [-0.05, 0) is 54.4 Å². The number of nitro benzene ring substituents is 1. The monoisotopic (exact) mass is 421 g/mol. The van der Waals surface area contributed by atoms with Crippen LogP contribution in [0.4, 0.5) is 15.8 Å². The molecule has 0 heterocycles. The molecule has 2 amide bonds. The number of hydrogen-bond donors (Lipinski definition) is 2. The minimum atomic E-state index is -0.488. The lowest BCUT2D eigenvalue weighted by Crippen LogP contribution is -2.28. The summed E-state index contributed by atoms with van der Waals surface area (Å²) in [5, 5.41) is 16.3. The lowest BCUT2D eigenvalue weighted by Gasteiger charge is -2.15. The summed E-state index contributed by atoms with van der Waals surface area (Å²) in [6.07, 6.45) is 0.105. The zero-order valence-electron chi connectivity index (χ0n) is 16.7. The number of anilines is 1. The van der Waals surface area contributed by atoms with Gasteiger partial charge in [-0.2, -0.15) is 0 Å². The maximum absolute atomic E-state index is 13.0. The molecule has 0 aromatic heterocycles. The number of hydrogen-bond acceptors (Lipinski definition) is 4. The highest BCUT2D eigenvalue weighted by Crippen LogP contribution is 2.18. The molecule has 0 saturated heterocycles. The standard InChI is InChI=1S/C23H20FN3O4/c1-15(25-22(28)14-16-2-12-21(13-3-16)27(30)31)17-6-10-20(11-7-17)26-23(29)18-4-8-19(24)9-5-18/h2-13,15H,14H2,1H3,(H,25,28)(H,26,29). The van der Waals surface area contributed by atoms with E-state index in [1.807, 2.05) is 6.92 Å². The summed E-state index contributed by atoms with van der Waals surface area (Å²) < 4.78 is 13.0. The van der Waals surface area contributed by atoms with Crippen molar-refractivity contribution < 1.29 is 18.9 Å². The molecule has 0 aliphatic heterocycles. The molecule has 0 radical (unpaired) electrons. The molecule has 0 aliphatic rings. The van der Waals surface area contributed by atoms with Crippen LogP contribution in [-0.4, -0.2) is 16.7 Å². The summed E-state index contributed by atoms with van der Waals surface area (Å²) in [4.78, 5) is 34.7. The zero-order valence-corrected chi connectivity index (χ0v) is 16.7. The maximum atomic E-state index is 13.0. The number of benzene rings is 3. The largest absolute Gasteiger partial charge is 0.349 e. The quantitative estimate of drug-likeness (QED) is 0.436. The van der Waals surface area contributed by atoms with E-state index < -0.39 is 10.7 Å². The molecule has 0 aliphatic carbocycles. The van der Waals surface area contributed by atoms with Crippen molar-refractivity contribution in [1.82, 2.24) is 5.32 Å². The molecular weight excluding hydrogens is 401 g/mol. The first-order valence-corrected chi connectivity index (χ1v) is 9.51. The summed E-state index contributed by atoms with van der Waals surface area (Å²) >= 11 is 0. The van der Waals surface area contributed by atoms with Gasteiger partial charge in [0.2, 0.25) is 5.91 Å². The number of rotatable bonds is 7. The summed E-state index contributed by atoms with van der Waals surface area (Å²) in [6.45, 7) is 1.83. The van der Waals surface area contributed by atoms with E-state index in [0.29, 0.717) is 16.8 Å². The molecule has 1 unspecified atom stereocenters. The van der Waals surface area contributed by atoms with Gasteiger partial charge in [0.05, 0.1) is 17.4 Å². The van der Waals surface area contributed by atoms with Crippen LogP contribution in [0.5, 0.6) is 0 Å². The summed E-state index contributed by atoms with van der Waals surface area (Å²) in [5.41, 5.74) is 2.41. The van der Waals surface area contributed by atoms with Crippen molar-refractivity contribution in [1.29, 1.82) is 0 Å². The smallest absolute Gasteiger partial charge is 0.269 e. The lowest BCUT2D eigenvalue weighted by molar-refractivity contribution is -0.384. The Morgan fingerprint density at radius 2 is 1.58 bits per heavy atom. The van der Waals surface area contributed by atoms with Crippen LogP contribution in [0.25, 0.3) is 0 Å². The highest BCUT2D eigenvalue weighted by atomic mass is 19.1. The van der Waals surface area contributed by atoms with E-state index in [1.54, 1.807) is 36.4 Å². The van der Waals surface area contributed by atoms with Crippen LogP contribution >= 0.6 is 0 Å². The second-order valence-corrected chi connectivity index (χ2v) is 6.97. The van der Waals surface area contributed by atoms with Crippen LogP contribution in [0.15, 0.2) is 72.8 Å². The molecule has 31 heavy (non-hydrogen) atoms. The molecule has 2 N–H and O–H groups in total. The third-order valence-electron chi connectivity index (χ3n) is 4.66. The maximum Gasteiger partial charge on any atom is 0.269 e. The van der Waals surface area contributed by atoms with E-state index in [0.717, 1.165) is 5.56 Å². The van der Waals surface area contributed by atoms with Crippen molar-refractivity contribution >= 4 is 23.2 Å². The second-order valence-electron chi connectivity index (χ2n) is 6.97. The van der Waals surface area contributed by atoms with Crippen molar-refractivity contribution in [2.45, 2.75) is 19.4 Å². The molecule has 0 bridgehead atoms. The van der Waals surface area contributed by atoms with E-state index in [-0.39, 0.29) is 30.0 Å².